The van der Waals surface area contributed by atoms with E-state index >= 15 is 0 Å². The first-order valence-corrected chi connectivity index (χ1v) is 4.48. The molecule has 1 heterocycles. The average molecular weight is 196 g/mol. The van der Waals surface area contributed by atoms with Crippen LogP contribution in [0.2, 0.25) is 0 Å². The van der Waals surface area contributed by atoms with Gasteiger partial charge in [-0.3, -0.25) is 4.98 Å². The van der Waals surface area contributed by atoms with Gasteiger partial charge in [0.15, 0.2) is 0 Å². The number of nitrogens with zero attached hydrogens (tertiary/aromatic N) is 1. The minimum atomic E-state index is -0.740. The third-order valence-corrected chi connectivity index (χ3v) is 2.50. The van der Waals surface area contributed by atoms with E-state index in [2.05, 4.69) is 4.98 Å². The van der Waals surface area contributed by atoms with Gasteiger partial charge in [-0.05, 0) is 19.1 Å². The van der Waals surface area contributed by atoms with E-state index in [-0.39, 0.29) is 6.61 Å². The van der Waals surface area contributed by atoms with Crippen molar-refractivity contribution in [3.05, 3.63) is 30.1 Å². The number of aromatic nitrogens is 1. The summed E-state index contributed by atoms with van der Waals surface area (Å²) in [6.45, 7) is 1.68. The number of methoxy groups -OCH3 is 1. The zero-order chi connectivity index (χ0) is 10.6. The third kappa shape index (κ3) is 1.92. The Labute approximate surface area is 83.7 Å². The largest absolute Gasteiger partial charge is 0.395 e. The molecule has 0 spiro atoms. The lowest BCUT2D eigenvalue weighted by atomic mass is 9.93. The molecular formula is C10H16N2O2. The molecule has 4 nitrogen and oxygen atoms in total. The van der Waals surface area contributed by atoms with E-state index in [0.717, 1.165) is 5.69 Å². The average Bonchev–Trinajstić information content (AvgIpc) is 2.28. The molecule has 2 atom stereocenters. The normalized spacial score (nSPS) is 17.4. The van der Waals surface area contributed by atoms with Crippen LogP contribution < -0.4 is 5.73 Å². The highest BCUT2D eigenvalue weighted by atomic mass is 16.5. The van der Waals surface area contributed by atoms with Crippen LogP contribution in [-0.4, -0.2) is 29.8 Å². The number of hydrogen-bond acceptors (Lipinski definition) is 4. The topological polar surface area (TPSA) is 68.4 Å². The van der Waals surface area contributed by atoms with Crippen molar-refractivity contribution < 1.29 is 9.84 Å². The number of aliphatic hydroxyl groups excluding tert-OH is 1. The van der Waals surface area contributed by atoms with Gasteiger partial charge in [0.1, 0.15) is 5.60 Å². The van der Waals surface area contributed by atoms with Gasteiger partial charge in [-0.15, -0.1) is 0 Å². The first kappa shape index (κ1) is 11.1. The Hall–Kier alpha value is -0.970. The summed E-state index contributed by atoms with van der Waals surface area (Å²) in [6.07, 6.45) is 1.68. The van der Waals surface area contributed by atoms with Crippen LogP contribution in [0.25, 0.3) is 0 Å². The molecule has 1 rings (SSSR count). The monoisotopic (exact) mass is 196 g/mol. The maximum absolute atomic E-state index is 9.03. The van der Waals surface area contributed by atoms with Crippen LogP contribution in [0, 0.1) is 0 Å². The van der Waals surface area contributed by atoms with Crippen LogP contribution in [0.1, 0.15) is 12.6 Å². The summed E-state index contributed by atoms with van der Waals surface area (Å²) < 4.78 is 5.33. The summed E-state index contributed by atoms with van der Waals surface area (Å²) in [5, 5.41) is 9.03. The zero-order valence-electron chi connectivity index (χ0n) is 8.47. The summed E-state index contributed by atoms with van der Waals surface area (Å²) >= 11 is 0. The molecule has 0 aromatic carbocycles. The predicted molar refractivity (Wildman–Crippen MR) is 53.7 cm³/mol. The van der Waals surface area contributed by atoms with E-state index in [9.17, 15) is 0 Å². The number of aliphatic hydroxyl groups is 1. The van der Waals surface area contributed by atoms with Gasteiger partial charge in [-0.1, -0.05) is 6.07 Å². The van der Waals surface area contributed by atoms with Gasteiger partial charge in [0.25, 0.3) is 0 Å². The Morgan fingerprint density at radius 3 is 2.79 bits per heavy atom. The fraction of sp³-hybridized carbons (Fsp3) is 0.500. The molecule has 4 heteroatoms. The van der Waals surface area contributed by atoms with Crippen molar-refractivity contribution in [2.45, 2.75) is 18.6 Å². The third-order valence-electron chi connectivity index (χ3n) is 2.50. The standard InChI is InChI=1S/C10H16N2O2/c1-10(14-2,8(11)7-13)9-5-3-4-6-12-9/h3-6,8,13H,7,11H2,1-2H3/t8-,10?/m0/s1. The molecule has 0 aliphatic heterocycles. The van der Waals surface area contributed by atoms with Gasteiger partial charge >= 0.3 is 0 Å². The van der Waals surface area contributed by atoms with Crippen molar-refractivity contribution in [3.8, 4) is 0 Å². The van der Waals surface area contributed by atoms with Crippen LogP contribution >= 0.6 is 0 Å². The molecule has 0 bridgehead atoms. The quantitative estimate of drug-likeness (QED) is 0.725. The lowest BCUT2D eigenvalue weighted by Gasteiger charge is -2.32. The van der Waals surface area contributed by atoms with Crippen molar-refractivity contribution in [3.63, 3.8) is 0 Å². The summed E-state index contributed by atoms with van der Waals surface area (Å²) in [5.41, 5.74) is 5.76. The zero-order valence-corrected chi connectivity index (χ0v) is 8.47. The highest BCUT2D eigenvalue weighted by molar-refractivity contribution is 5.15. The van der Waals surface area contributed by atoms with Crippen molar-refractivity contribution in [2.75, 3.05) is 13.7 Å². The second-order valence-corrected chi connectivity index (χ2v) is 3.32. The van der Waals surface area contributed by atoms with Crippen LogP contribution in [0.5, 0.6) is 0 Å². The molecule has 1 aromatic heterocycles. The SMILES string of the molecule is COC(C)(c1ccccn1)[C@@H](N)CO. The Morgan fingerprint density at radius 2 is 2.36 bits per heavy atom. The molecule has 0 fully saturated rings. The van der Waals surface area contributed by atoms with Crippen molar-refractivity contribution in [1.29, 1.82) is 0 Å². The molecule has 1 unspecified atom stereocenters. The number of ether oxygens (including phenoxy) is 1. The van der Waals surface area contributed by atoms with E-state index in [1.807, 2.05) is 25.1 Å². The first-order valence-electron chi connectivity index (χ1n) is 4.48. The van der Waals surface area contributed by atoms with Gasteiger partial charge in [0, 0.05) is 13.3 Å². The maximum atomic E-state index is 9.03. The minimum Gasteiger partial charge on any atom is -0.395 e. The fourth-order valence-corrected chi connectivity index (χ4v) is 1.28. The second-order valence-electron chi connectivity index (χ2n) is 3.32. The van der Waals surface area contributed by atoms with Gasteiger partial charge < -0.3 is 15.6 Å². The summed E-state index contributed by atoms with van der Waals surface area (Å²) in [6, 6.07) is 5.04. The molecular weight excluding hydrogens is 180 g/mol. The molecule has 0 aliphatic carbocycles. The highest BCUT2D eigenvalue weighted by Crippen LogP contribution is 2.25. The Kier molecular flexibility index (Phi) is 3.57. The van der Waals surface area contributed by atoms with Crippen LogP contribution in [0.3, 0.4) is 0 Å². The molecule has 0 saturated heterocycles. The van der Waals surface area contributed by atoms with Crippen LogP contribution in [0.15, 0.2) is 24.4 Å². The Balaban J connectivity index is 3.01. The molecule has 3 N–H and O–H groups in total. The molecule has 0 aliphatic rings. The smallest absolute Gasteiger partial charge is 0.124 e. The van der Waals surface area contributed by atoms with Gasteiger partial charge in [-0.25, -0.2) is 0 Å². The van der Waals surface area contributed by atoms with Crippen molar-refractivity contribution in [2.24, 2.45) is 5.73 Å². The molecule has 1 aromatic rings. The van der Waals surface area contributed by atoms with E-state index in [0.29, 0.717) is 0 Å². The van der Waals surface area contributed by atoms with Gasteiger partial charge in [-0.2, -0.15) is 0 Å². The molecule has 14 heavy (non-hydrogen) atoms. The number of pyridine rings is 1. The highest BCUT2D eigenvalue weighted by Gasteiger charge is 2.34. The molecule has 0 radical (unpaired) electrons. The second kappa shape index (κ2) is 4.50. The van der Waals surface area contributed by atoms with Crippen molar-refractivity contribution >= 4 is 0 Å². The number of hydrogen-bond donors (Lipinski definition) is 2. The van der Waals surface area contributed by atoms with Gasteiger partial charge in [0.2, 0.25) is 0 Å². The summed E-state index contributed by atoms with van der Waals surface area (Å²) in [4.78, 5) is 4.17. The van der Waals surface area contributed by atoms with Crippen molar-refractivity contribution in [1.82, 2.24) is 4.98 Å². The molecule has 78 valence electrons. The van der Waals surface area contributed by atoms with E-state index in [1.165, 1.54) is 0 Å². The lowest BCUT2D eigenvalue weighted by Crippen LogP contribution is -2.47. The Morgan fingerprint density at radius 1 is 1.64 bits per heavy atom. The predicted octanol–water partition coefficient (Wildman–Crippen LogP) is 0.263. The lowest BCUT2D eigenvalue weighted by molar-refractivity contribution is -0.0371. The number of nitrogens with two attached hydrogens (primary N) is 1. The van der Waals surface area contributed by atoms with E-state index in [4.69, 9.17) is 15.6 Å². The van der Waals surface area contributed by atoms with Crippen LogP contribution in [-0.2, 0) is 10.3 Å². The summed E-state index contributed by atoms with van der Waals surface area (Å²) in [7, 11) is 1.56. The number of rotatable bonds is 4. The molecule has 0 amide bonds. The van der Waals surface area contributed by atoms with E-state index in [1.54, 1.807) is 13.3 Å². The molecule has 0 saturated carbocycles. The fourth-order valence-electron chi connectivity index (χ4n) is 1.28. The van der Waals surface area contributed by atoms with Gasteiger partial charge in [0.05, 0.1) is 18.3 Å². The summed E-state index contributed by atoms with van der Waals surface area (Å²) in [5.74, 6) is 0. The first-order chi connectivity index (χ1) is 6.65. The minimum absolute atomic E-state index is 0.138. The van der Waals surface area contributed by atoms with E-state index < -0.39 is 11.6 Å². The Bertz CT molecular complexity index is 279. The van der Waals surface area contributed by atoms with Crippen LogP contribution in [0.4, 0.5) is 0 Å². The maximum Gasteiger partial charge on any atom is 0.124 e.